The third-order valence-corrected chi connectivity index (χ3v) is 1.66. The lowest BCUT2D eigenvalue weighted by molar-refractivity contribution is 0.204. The Kier molecular flexibility index (Phi) is 5.64. The van der Waals surface area contributed by atoms with Gasteiger partial charge in [-0.3, -0.25) is 0 Å². The maximum absolute atomic E-state index is 8.85. The fourth-order valence-corrected chi connectivity index (χ4v) is 1.22. The van der Waals surface area contributed by atoms with Crippen molar-refractivity contribution >= 4 is 0 Å². The molecule has 0 spiro atoms. The maximum Gasteiger partial charge on any atom is 0.0459 e. The van der Waals surface area contributed by atoms with Crippen LogP contribution in [0.3, 0.4) is 0 Å². The average Bonchev–Trinajstić information content (AvgIpc) is 1.86. The van der Waals surface area contributed by atoms with Crippen LogP contribution < -0.4 is 5.73 Å². The smallest absolute Gasteiger partial charge is 0.0459 e. The van der Waals surface area contributed by atoms with Gasteiger partial charge in [-0.2, -0.15) is 0 Å². The van der Waals surface area contributed by atoms with Gasteiger partial charge in [-0.1, -0.05) is 13.3 Å². The van der Waals surface area contributed by atoms with Crippen LogP contribution in [-0.2, 0) is 0 Å². The van der Waals surface area contributed by atoms with Crippen molar-refractivity contribution in [1.29, 1.82) is 0 Å². The van der Waals surface area contributed by atoms with Gasteiger partial charge in [0, 0.05) is 12.6 Å². The third kappa shape index (κ3) is 4.77. The zero-order valence-electron chi connectivity index (χ0n) is 7.01. The van der Waals surface area contributed by atoms with Crippen molar-refractivity contribution in [3.05, 3.63) is 0 Å². The lowest BCUT2D eigenvalue weighted by Gasteiger charge is -2.14. The Morgan fingerprint density at radius 1 is 1.50 bits per heavy atom. The molecule has 2 heteroatoms. The molecule has 2 atom stereocenters. The highest BCUT2D eigenvalue weighted by Crippen LogP contribution is 2.11. The van der Waals surface area contributed by atoms with E-state index in [9.17, 15) is 0 Å². The highest BCUT2D eigenvalue weighted by Gasteiger charge is 2.07. The van der Waals surface area contributed by atoms with Crippen molar-refractivity contribution in [1.82, 2.24) is 0 Å². The van der Waals surface area contributed by atoms with Crippen molar-refractivity contribution in [2.24, 2.45) is 11.7 Å². The second-order valence-electron chi connectivity index (χ2n) is 3.05. The minimum Gasteiger partial charge on any atom is -0.396 e. The molecule has 0 aliphatic carbocycles. The highest BCUT2D eigenvalue weighted by molar-refractivity contribution is 4.63. The van der Waals surface area contributed by atoms with Crippen LogP contribution in [-0.4, -0.2) is 17.8 Å². The molecule has 0 heterocycles. The Bertz CT molecular complexity index is 73.7. The van der Waals surface area contributed by atoms with Crippen molar-refractivity contribution < 1.29 is 5.11 Å². The molecule has 0 aliphatic heterocycles. The molecule has 0 aliphatic rings. The minimum atomic E-state index is 0.226. The summed E-state index contributed by atoms with van der Waals surface area (Å²) < 4.78 is 0. The second-order valence-corrected chi connectivity index (χ2v) is 3.05. The fraction of sp³-hybridized carbons (Fsp3) is 1.00. The van der Waals surface area contributed by atoms with Gasteiger partial charge >= 0.3 is 0 Å². The molecule has 0 saturated heterocycles. The van der Waals surface area contributed by atoms with E-state index in [4.69, 9.17) is 10.8 Å². The van der Waals surface area contributed by atoms with Crippen LogP contribution in [0.25, 0.3) is 0 Å². The van der Waals surface area contributed by atoms with Gasteiger partial charge < -0.3 is 10.8 Å². The molecule has 2 unspecified atom stereocenters. The normalized spacial score (nSPS) is 16.8. The molecule has 0 aromatic carbocycles. The molecular formula is C8H19NO. The van der Waals surface area contributed by atoms with Crippen LogP contribution in [0.1, 0.15) is 33.1 Å². The largest absolute Gasteiger partial charge is 0.396 e. The SMILES string of the molecule is CCCC(CO)CC(C)N. The number of hydrogen-bond donors (Lipinski definition) is 2. The van der Waals surface area contributed by atoms with E-state index in [-0.39, 0.29) is 12.6 Å². The van der Waals surface area contributed by atoms with Gasteiger partial charge in [0.15, 0.2) is 0 Å². The summed E-state index contributed by atoms with van der Waals surface area (Å²) in [5, 5.41) is 8.85. The van der Waals surface area contributed by atoms with Crippen molar-refractivity contribution in [3.8, 4) is 0 Å². The predicted molar refractivity (Wildman–Crippen MR) is 43.8 cm³/mol. The van der Waals surface area contributed by atoms with Crippen molar-refractivity contribution in [2.45, 2.75) is 39.2 Å². The molecule has 0 radical (unpaired) electrons. The minimum absolute atomic E-state index is 0.226. The van der Waals surface area contributed by atoms with Gasteiger partial charge in [-0.05, 0) is 25.7 Å². The fourth-order valence-electron chi connectivity index (χ4n) is 1.22. The van der Waals surface area contributed by atoms with Crippen molar-refractivity contribution in [2.75, 3.05) is 6.61 Å². The molecule has 3 N–H and O–H groups in total. The standard InChI is InChI=1S/C8H19NO/c1-3-4-8(6-10)5-7(2)9/h7-8,10H,3-6,9H2,1-2H3. The Hall–Kier alpha value is -0.0800. The monoisotopic (exact) mass is 145 g/mol. The van der Waals surface area contributed by atoms with Crippen LogP contribution >= 0.6 is 0 Å². The van der Waals surface area contributed by atoms with Gasteiger partial charge in [0.25, 0.3) is 0 Å². The molecule has 0 rings (SSSR count). The molecule has 0 amide bonds. The number of nitrogens with two attached hydrogens (primary N) is 1. The Morgan fingerprint density at radius 2 is 2.10 bits per heavy atom. The van der Waals surface area contributed by atoms with E-state index >= 15 is 0 Å². The molecule has 0 saturated carbocycles. The number of aliphatic hydroxyl groups is 1. The molecule has 0 aromatic rings. The highest BCUT2D eigenvalue weighted by atomic mass is 16.3. The van der Waals surface area contributed by atoms with Crippen LogP contribution in [0.2, 0.25) is 0 Å². The summed E-state index contributed by atoms with van der Waals surface area (Å²) in [5.41, 5.74) is 5.59. The molecule has 0 fully saturated rings. The van der Waals surface area contributed by atoms with Crippen molar-refractivity contribution in [3.63, 3.8) is 0 Å². The zero-order valence-corrected chi connectivity index (χ0v) is 7.01. The van der Waals surface area contributed by atoms with Gasteiger partial charge in [-0.15, -0.1) is 0 Å². The van der Waals surface area contributed by atoms with E-state index < -0.39 is 0 Å². The van der Waals surface area contributed by atoms with Crippen LogP contribution in [0.5, 0.6) is 0 Å². The van der Waals surface area contributed by atoms with Gasteiger partial charge in [0.05, 0.1) is 0 Å². The first-order valence-electron chi connectivity index (χ1n) is 4.07. The quantitative estimate of drug-likeness (QED) is 0.609. The average molecular weight is 145 g/mol. The zero-order chi connectivity index (χ0) is 7.98. The summed E-state index contributed by atoms with van der Waals surface area (Å²) >= 11 is 0. The Balaban J connectivity index is 3.39. The summed E-state index contributed by atoms with van der Waals surface area (Å²) in [5.74, 6) is 0.421. The first-order valence-corrected chi connectivity index (χ1v) is 4.07. The Morgan fingerprint density at radius 3 is 2.40 bits per heavy atom. The summed E-state index contributed by atoms with van der Waals surface area (Å²) in [7, 11) is 0. The summed E-state index contributed by atoms with van der Waals surface area (Å²) in [6.07, 6.45) is 3.18. The number of hydrogen-bond acceptors (Lipinski definition) is 2. The molecule has 0 bridgehead atoms. The van der Waals surface area contributed by atoms with Gasteiger partial charge in [0.2, 0.25) is 0 Å². The maximum atomic E-state index is 8.85. The first kappa shape index (κ1) is 9.92. The third-order valence-electron chi connectivity index (χ3n) is 1.66. The summed E-state index contributed by atoms with van der Waals surface area (Å²) in [4.78, 5) is 0. The van der Waals surface area contributed by atoms with E-state index in [1.165, 1.54) is 0 Å². The van der Waals surface area contributed by atoms with E-state index in [1.807, 2.05) is 6.92 Å². The summed E-state index contributed by atoms with van der Waals surface area (Å²) in [6.45, 7) is 4.40. The summed E-state index contributed by atoms with van der Waals surface area (Å²) in [6, 6.07) is 0.226. The lowest BCUT2D eigenvalue weighted by Crippen LogP contribution is -2.21. The van der Waals surface area contributed by atoms with E-state index in [0.29, 0.717) is 5.92 Å². The second kappa shape index (κ2) is 5.69. The molecule has 10 heavy (non-hydrogen) atoms. The van der Waals surface area contributed by atoms with Crippen LogP contribution in [0.4, 0.5) is 0 Å². The Labute approximate surface area is 63.4 Å². The molecule has 2 nitrogen and oxygen atoms in total. The van der Waals surface area contributed by atoms with Gasteiger partial charge in [0.1, 0.15) is 0 Å². The first-order chi connectivity index (χ1) is 4.70. The molecule has 62 valence electrons. The number of aliphatic hydroxyl groups excluding tert-OH is 1. The number of rotatable bonds is 5. The topological polar surface area (TPSA) is 46.2 Å². The molecular weight excluding hydrogens is 126 g/mol. The lowest BCUT2D eigenvalue weighted by atomic mass is 9.97. The van der Waals surface area contributed by atoms with Gasteiger partial charge in [-0.25, -0.2) is 0 Å². The van der Waals surface area contributed by atoms with Crippen LogP contribution in [0.15, 0.2) is 0 Å². The van der Waals surface area contributed by atoms with E-state index in [0.717, 1.165) is 19.3 Å². The predicted octanol–water partition coefficient (Wildman–Crippen LogP) is 1.13. The van der Waals surface area contributed by atoms with E-state index in [2.05, 4.69) is 6.92 Å². The van der Waals surface area contributed by atoms with Crippen LogP contribution in [0, 0.1) is 5.92 Å². The van der Waals surface area contributed by atoms with E-state index in [1.54, 1.807) is 0 Å². The molecule has 0 aromatic heterocycles.